The van der Waals surface area contributed by atoms with E-state index in [0.717, 1.165) is 0 Å². The fraction of sp³-hybridized carbons (Fsp3) is 0.417. The molecule has 2 rings (SSSR count). The normalized spacial score (nSPS) is 24.9. The second kappa shape index (κ2) is 4.49. The summed E-state index contributed by atoms with van der Waals surface area (Å²) in [7, 11) is 0. The van der Waals surface area contributed by atoms with Crippen LogP contribution in [0.2, 0.25) is 0 Å². The van der Waals surface area contributed by atoms with Crippen LogP contribution in [0.15, 0.2) is 24.3 Å². The molecule has 0 aliphatic heterocycles. The minimum atomic E-state index is -3.31. The van der Waals surface area contributed by atoms with Crippen molar-refractivity contribution in [1.82, 2.24) is 0 Å². The lowest BCUT2D eigenvalue weighted by molar-refractivity contribution is -0.159. The minimum Gasteiger partial charge on any atom is -0.481 e. The molecule has 19 heavy (non-hydrogen) atoms. The molecule has 1 aromatic carbocycles. The number of carboxylic acids is 1. The topological polar surface area (TPSA) is 46.5 Å². The second-order valence-electron chi connectivity index (χ2n) is 4.45. The van der Waals surface area contributed by atoms with Crippen molar-refractivity contribution in [3.05, 3.63) is 29.8 Å². The van der Waals surface area contributed by atoms with Gasteiger partial charge in [-0.25, -0.2) is 0 Å². The zero-order valence-electron chi connectivity index (χ0n) is 9.74. The predicted molar refractivity (Wildman–Crippen MR) is 66.0 cm³/mol. The molecule has 3 nitrogen and oxygen atoms in total. The average molecular weight is 311 g/mol. The van der Waals surface area contributed by atoms with E-state index in [2.05, 4.69) is 4.74 Å². The van der Waals surface area contributed by atoms with E-state index in [9.17, 15) is 13.6 Å². The van der Waals surface area contributed by atoms with Crippen molar-refractivity contribution in [2.75, 3.05) is 0 Å². The smallest absolute Gasteiger partial charge is 0.394 e. The maximum absolute atomic E-state index is 12.7. The monoisotopic (exact) mass is 310 g/mol. The van der Waals surface area contributed by atoms with Gasteiger partial charge < -0.3 is 9.84 Å². The van der Waals surface area contributed by atoms with E-state index in [1.165, 1.54) is 18.2 Å². The van der Waals surface area contributed by atoms with Crippen molar-refractivity contribution in [3.63, 3.8) is 0 Å². The SMILES string of the molecule is CC(F)(F)Oc1cccc(C2C(C(=O)O)C2(Cl)Cl)c1. The maximum atomic E-state index is 12.7. The van der Waals surface area contributed by atoms with Gasteiger partial charge in [-0.2, -0.15) is 8.78 Å². The molecule has 0 bridgehead atoms. The fourth-order valence-electron chi connectivity index (χ4n) is 2.03. The van der Waals surface area contributed by atoms with Gasteiger partial charge in [0.2, 0.25) is 0 Å². The van der Waals surface area contributed by atoms with E-state index in [1.807, 2.05) is 0 Å². The molecule has 1 N–H and O–H groups in total. The van der Waals surface area contributed by atoms with E-state index in [4.69, 9.17) is 28.3 Å². The third kappa shape index (κ3) is 2.92. The summed E-state index contributed by atoms with van der Waals surface area (Å²) in [5, 5.41) is 8.96. The number of aliphatic carboxylic acids is 1. The summed E-state index contributed by atoms with van der Waals surface area (Å²) in [6.07, 6.45) is -3.31. The van der Waals surface area contributed by atoms with Crippen LogP contribution in [0, 0.1) is 5.92 Å². The number of benzene rings is 1. The predicted octanol–water partition coefficient (Wildman–Crippen LogP) is 3.65. The standard InChI is InChI=1S/C12H10Cl2F2O3/c1-11(15,16)19-7-4-2-3-6(5-7)8-9(10(17)18)12(8,13)14/h2-5,8-9H,1H3,(H,17,18). The van der Waals surface area contributed by atoms with Gasteiger partial charge in [-0.1, -0.05) is 35.3 Å². The number of carbonyl (C=O) groups is 1. The Hall–Kier alpha value is -1.07. The number of hydrogen-bond donors (Lipinski definition) is 1. The summed E-state index contributed by atoms with van der Waals surface area (Å²) < 4.78 is 28.5. The van der Waals surface area contributed by atoms with Crippen LogP contribution in [-0.4, -0.2) is 21.5 Å². The lowest BCUT2D eigenvalue weighted by Gasteiger charge is -2.13. The van der Waals surface area contributed by atoms with Crippen LogP contribution in [0.5, 0.6) is 5.75 Å². The van der Waals surface area contributed by atoms with Gasteiger partial charge in [-0.05, 0) is 17.7 Å². The number of halogens is 4. The van der Waals surface area contributed by atoms with Gasteiger partial charge in [0.05, 0.1) is 5.92 Å². The summed E-state index contributed by atoms with van der Waals surface area (Å²) in [6, 6.07) is 5.74. The summed E-state index contributed by atoms with van der Waals surface area (Å²) in [6.45, 7) is 0.615. The van der Waals surface area contributed by atoms with Crippen LogP contribution in [-0.2, 0) is 4.79 Å². The van der Waals surface area contributed by atoms with Crippen LogP contribution in [0.25, 0.3) is 0 Å². The van der Waals surface area contributed by atoms with E-state index in [0.29, 0.717) is 12.5 Å². The molecule has 0 radical (unpaired) electrons. The Bertz CT molecular complexity index is 514. The van der Waals surface area contributed by atoms with Crippen molar-refractivity contribution in [2.45, 2.75) is 23.3 Å². The Morgan fingerprint density at radius 1 is 1.47 bits per heavy atom. The van der Waals surface area contributed by atoms with E-state index < -0.39 is 28.2 Å². The minimum absolute atomic E-state index is 0.0647. The van der Waals surface area contributed by atoms with Gasteiger partial charge in [0, 0.05) is 12.8 Å². The van der Waals surface area contributed by atoms with Gasteiger partial charge in [0.25, 0.3) is 0 Å². The zero-order valence-corrected chi connectivity index (χ0v) is 11.3. The number of alkyl halides is 4. The summed E-state index contributed by atoms with van der Waals surface area (Å²) in [5.74, 6) is -2.78. The first-order chi connectivity index (χ1) is 8.63. The highest BCUT2D eigenvalue weighted by atomic mass is 35.5. The molecule has 0 spiro atoms. The molecule has 2 atom stereocenters. The highest BCUT2D eigenvalue weighted by molar-refractivity contribution is 6.53. The number of carboxylic acid groups (broad SMARTS) is 1. The Balaban J connectivity index is 2.24. The summed E-state index contributed by atoms with van der Waals surface area (Å²) in [4.78, 5) is 11.0. The summed E-state index contributed by atoms with van der Waals surface area (Å²) in [5.41, 5.74) is 0.458. The number of rotatable bonds is 4. The first-order valence-electron chi connectivity index (χ1n) is 5.40. The summed E-state index contributed by atoms with van der Waals surface area (Å²) >= 11 is 11.8. The molecular formula is C12H10Cl2F2O3. The first-order valence-corrected chi connectivity index (χ1v) is 6.16. The third-order valence-corrected chi connectivity index (χ3v) is 3.77. The van der Waals surface area contributed by atoms with Crippen LogP contribution in [0.3, 0.4) is 0 Å². The fourth-order valence-corrected chi connectivity index (χ4v) is 2.84. The van der Waals surface area contributed by atoms with Crippen LogP contribution in [0.4, 0.5) is 8.78 Å². The molecule has 0 heterocycles. The molecular weight excluding hydrogens is 301 g/mol. The molecule has 0 saturated heterocycles. The molecule has 7 heteroatoms. The van der Waals surface area contributed by atoms with E-state index in [-0.39, 0.29) is 5.75 Å². The van der Waals surface area contributed by atoms with Gasteiger partial charge in [0.15, 0.2) is 0 Å². The molecule has 1 aromatic rings. The highest BCUT2D eigenvalue weighted by Crippen LogP contribution is 2.65. The van der Waals surface area contributed by atoms with Gasteiger partial charge in [0.1, 0.15) is 10.1 Å². The number of hydrogen-bond acceptors (Lipinski definition) is 2. The first kappa shape index (κ1) is 14.3. The Morgan fingerprint density at radius 3 is 2.58 bits per heavy atom. The zero-order chi connectivity index (χ0) is 14.4. The van der Waals surface area contributed by atoms with Crippen LogP contribution < -0.4 is 4.74 Å². The molecule has 0 aromatic heterocycles. The molecule has 1 saturated carbocycles. The van der Waals surface area contributed by atoms with Crippen molar-refractivity contribution in [1.29, 1.82) is 0 Å². The largest absolute Gasteiger partial charge is 0.481 e. The Kier molecular flexibility index (Phi) is 3.39. The second-order valence-corrected chi connectivity index (χ2v) is 5.89. The Labute approximate surface area is 118 Å². The van der Waals surface area contributed by atoms with Crippen molar-refractivity contribution in [2.24, 2.45) is 5.92 Å². The van der Waals surface area contributed by atoms with Crippen LogP contribution in [0.1, 0.15) is 18.4 Å². The lowest BCUT2D eigenvalue weighted by atomic mass is 10.1. The quantitative estimate of drug-likeness (QED) is 0.863. The third-order valence-electron chi connectivity index (χ3n) is 2.83. The van der Waals surface area contributed by atoms with Crippen molar-refractivity contribution in [3.8, 4) is 5.75 Å². The molecule has 2 unspecified atom stereocenters. The number of ether oxygens (including phenoxy) is 1. The average Bonchev–Trinajstić information content (AvgIpc) is 2.79. The van der Waals surface area contributed by atoms with Gasteiger partial charge in [-0.3, -0.25) is 4.79 Å². The molecule has 1 fully saturated rings. The van der Waals surface area contributed by atoms with Crippen molar-refractivity contribution < 1.29 is 23.4 Å². The Morgan fingerprint density at radius 2 is 2.11 bits per heavy atom. The van der Waals surface area contributed by atoms with E-state index in [1.54, 1.807) is 6.07 Å². The lowest BCUT2D eigenvalue weighted by Crippen LogP contribution is -2.19. The van der Waals surface area contributed by atoms with Gasteiger partial charge in [-0.15, -0.1) is 0 Å². The maximum Gasteiger partial charge on any atom is 0.394 e. The van der Waals surface area contributed by atoms with Crippen LogP contribution >= 0.6 is 23.2 Å². The van der Waals surface area contributed by atoms with E-state index >= 15 is 0 Å². The molecule has 1 aliphatic carbocycles. The molecule has 104 valence electrons. The molecule has 1 aliphatic rings. The van der Waals surface area contributed by atoms with Crippen molar-refractivity contribution >= 4 is 29.2 Å². The highest BCUT2D eigenvalue weighted by Gasteiger charge is 2.68. The van der Waals surface area contributed by atoms with Gasteiger partial charge >= 0.3 is 12.1 Å². The molecule has 0 amide bonds.